The number of nitrogens with zero attached hydrogens (tertiary/aromatic N) is 2. The van der Waals surface area contributed by atoms with Crippen molar-refractivity contribution in [2.75, 3.05) is 5.32 Å². The molecule has 6 nitrogen and oxygen atoms in total. The van der Waals surface area contributed by atoms with Gasteiger partial charge in [0, 0.05) is 12.2 Å². The number of ether oxygens (including phenoxy) is 1. The van der Waals surface area contributed by atoms with Gasteiger partial charge in [-0.05, 0) is 67.3 Å². The smallest absolute Gasteiger partial charge is 0.444 e. The van der Waals surface area contributed by atoms with Gasteiger partial charge in [0.15, 0.2) is 0 Å². The Labute approximate surface area is 177 Å². The van der Waals surface area contributed by atoms with E-state index in [2.05, 4.69) is 0 Å². The highest BCUT2D eigenvalue weighted by Crippen LogP contribution is 2.37. The third-order valence-electron chi connectivity index (χ3n) is 4.54. The molecule has 0 aliphatic carbocycles. The van der Waals surface area contributed by atoms with E-state index in [1.807, 2.05) is 11.4 Å². The molecule has 0 bridgehead atoms. The number of fused-ring (bicyclic) bond motifs is 1. The topological polar surface area (TPSA) is 82.4 Å². The summed E-state index contributed by atoms with van der Waals surface area (Å²) in [5.74, 6) is -2.08. The van der Waals surface area contributed by atoms with Crippen LogP contribution in [0.3, 0.4) is 0 Å². The van der Waals surface area contributed by atoms with Crippen molar-refractivity contribution in [3.8, 4) is 17.2 Å². The molecule has 0 atom stereocenters. The first-order chi connectivity index (χ1) is 14.4. The van der Waals surface area contributed by atoms with E-state index in [4.69, 9.17) is 10.00 Å². The first kappa shape index (κ1) is 22.2. The Hall–Kier alpha value is -3.54. The van der Waals surface area contributed by atoms with Gasteiger partial charge >= 0.3 is 18.2 Å². The minimum absolute atomic E-state index is 0.0357. The molecule has 0 saturated heterocycles. The molecular weight excluding hydrogens is 411 g/mol. The Morgan fingerprint density at radius 2 is 1.74 bits per heavy atom. The lowest BCUT2D eigenvalue weighted by Crippen LogP contribution is -2.33. The zero-order valence-corrected chi connectivity index (χ0v) is 17.1. The van der Waals surface area contributed by atoms with E-state index in [9.17, 15) is 22.8 Å². The molecule has 31 heavy (non-hydrogen) atoms. The first-order valence-electron chi connectivity index (χ1n) is 9.40. The number of anilines is 1. The van der Waals surface area contributed by atoms with Crippen LogP contribution in [0.1, 0.15) is 37.5 Å². The summed E-state index contributed by atoms with van der Waals surface area (Å²) in [6, 6.07) is 11.4. The molecule has 0 spiro atoms. The molecule has 2 amide bonds. The van der Waals surface area contributed by atoms with Gasteiger partial charge in [-0.25, -0.2) is 4.79 Å². The summed E-state index contributed by atoms with van der Waals surface area (Å²) >= 11 is 0. The van der Waals surface area contributed by atoms with Crippen LogP contribution >= 0.6 is 0 Å². The van der Waals surface area contributed by atoms with Crippen molar-refractivity contribution in [3.05, 3.63) is 53.1 Å². The number of halogens is 3. The average Bonchev–Trinajstić information content (AvgIpc) is 3.10. The van der Waals surface area contributed by atoms with Gasteiger partial charge in [-0.15, -0.1) is 0 Å². The number of nitrogens with one attached hydrogen (secondary N) is 1. The number of amides is 2. The Morgan fingerprint density at radius 3 is 2.29 bits per heavy atom. The van der Waals surface area contributed by atoms with Gasteiger partial charge in [-0.1, -0.05) is 12.1 Å². The van der Waals surface area contributed by atoms with Crippen molar-refractivity contribution in [1.29, 1.82) is 5.26 Å². The van der Waals surface area contributed by atoms with Crippen LogP contribution in [0.5, 0.6) is 0 Å². The number of carbonyl (C=O) groups is 2. The highest BCUT2D eigenvalue weighted by molar-refractivity contribution is 5.96. The SMILES string of the molecule is CC(C)(C)OC(=O)N1Cc2cc(NC(=O)C(F)(F)F)cc(-c3ccc(C#N)cc3)c2C1. The second kappa shape index (κ2) is 7.95. The normalized spacial score (nSPS) is 13.4. The van der Waals surface area contributed by atoms with Crippen molar-refractivity contribution in [3.63, 3.8) is 0 Å². The standard InChI is InChI=1S/C22H20F3N3O3/c1-21(2,3)31-20(30)28-11-15-8-16(27-19(29)22(23,24)25)9-17(18(15)12-28)14-6-4-13(10-26)5-7-14/h4-9H,11-12H2,1-3H3,(H,27,29). The van der Waals surface area contributed by atoms with Crippen LogP contribution in [0.25, 0.3) is 11.1 Å². The summed E-state index contributed by atoms with van der Waals surface area (Å²) in [5, 5.41) is 10.9. The third kappa shape index (κ3) is 5.15. The predicted octanol–water partition coefficient (Wildman–Crippen LogP) is 4.98. The van der Waals surface area contributed by atoms with Crippen molar-refractivity contribution >= 4 is 17.7 Å². The van der Waals surface area contributed by atoms with E-state index >= 15 is 0 Å². The molecular formula is C22H20F3N3O3. The van der Waals surface area contributed by atoms with Crippen LogP contribution in [0.4, 0.5) is 23.7 Å². The number of hydrogen-bond donors (Lipinski definition) is 1. The zero-order chi connectivity index (χ0) is 23.0. The summed E-state index contributed by atoms with van der Waals surface area (Å²) in [6.07, 6.45) is -5.58. The minimum atomic E-state index is -5.03. The molecule has 162 valence electrons. The quantitative estimate of drug-likeness (QED) is 0.727. The maximum atomic E-state index is 12.7. The zero-order valence-electron chi connectivity index (χ0n) is 17.1. The fourth-order valence-corrected chi connectivity index (χ4v) is 3.22. The number of rotatable bonds is 2. The molecule has 0 fully saturated rings. The summed E-state index contributed by atoms with van der Waals surface area (Å²) in [6.45, 7) is 5.54. The highest BCUT2D eigenvalue weighted by Gasteiger charge is 2.39. The first-order valence-corrected chi connectivity index (χ1v) is 9.40. The van der Waals surface area contributed by atoms with Gasteiger partial charge in [0.25, 0.3) is 0 Å². The average molecular weight is 431 g/mol. The number of carbonyl (C=O) groups excluding carboxylic acids is 2. The molecule has 0 radical (unpaired) electrons. The van der Waals surface area contributed by atoms with Gasteiger partial charge in [0.1, 0.15) is 5.60 Å². The van der Waals surface area contributed by atoms with Crippen LogP contribution in [-0.4, -0.2) is 28.7 Å². The second-order valence-corrected chi connectivity index (χ2v) is 8.14. The van der Waals surface area contributed by atoms with Gasteiger partial charge in [-0.2, -0.15) is 18.4 Å². The van der Waals surface area contributed by atoms with Crippen molar-refractivity contribution in [2.45, 2.75) is 45.6 Å². The molecule has 1 heterocycles. The number of nitriles is 1. The van der Waals surface area contributed by atoms with E-state index in [1.165, 1.54) is 17.0 Å². The van der Waals surface area contributed by atoms with Gasteiger partial charge in [-0.3, -0.25) is 9.69 Å². The lowest BCUT2D eigenvalue weighted by molar-refractivity contribution is -0.167. The summed E-state index contributed by atoms with van der Waals surface area (Å²) in [7, 11) is 0. The van der Waals surface area contributed by atoms with Crippen LogP contribution in [0.2, 0.25) is 0 Å². The van der Waals surface area contributed by atoms with Crippen molar-refractivity contribution in [1.82, 2.24) is 4.90 Å². The maximum Gasteiger partial charge on any atom is 0.471 e. The van der Waals surface area contributed by atoms with Gasteiger partial charge in [0.2, 0.25) is 0 Å². The molecule has 1 aliphatic rings. The number of benzene rings is 2. The van der Waals surface area contributed by atoms with Gasteiger partial charge < -0.3 is 10.1 Å². The lowest BCUT2D eigenvalue weighted by Gasteiger charge is -2.24. The molecule has 1 N–H and O–H groups in total. The van der Waals surface area contributed by atoms with E-state index < -0.39 is 23.8 Å². The van der Waals surface area contributed by atoms with Crippen LogP contribution in [-0.2, 0) is 22.6 Å². The summed E-state index contributed by atoms with van der Waals surface area (Å²) in [4.78, 5) is 25.4. The van der Waals surface area contributed by atoms with E-state index in [0.717, 1.165) is 5.56 Å². The minimum Gasteiger partial charge on any atom is -0.444 e. The molecule has 0 saturated carbocycles. The molecule has 1 aliphatic heterocycles. The molecule has 0 aromatic heterocycles. The largest absolute Gasteiger partial charge is 0.471 e. The molecule has 2 aromatic carbocycles. The predicted molar refractivity (Wildman–Crippen MR) is 107 cm³/mol. The maximum absolute atomic E-state index is 12.7. The van der Waals surface area contributed by atoms with Crippen molar-refractivity contribution in [2.24, 2.45) is 0 Å². The Balaban J connectivity index is 2.00. The molecule has 0 unspecified atom stereocenters. The van der Waals surface area contributed by atoms with E-state index in [1.54, 1.807) is 45.0 Å². The molecule has 9 heteroatoms. The van der Waals surface area contributed by atoms with Crippen LogP contribution in [0, 0.1) is 11.3 Å². The Morgan fingerprint density at radius 1 is 1.10 bits per heavy atom. The summed E-state index contributed by atoms with van der Waals surface area (Å²) in [5.41, 5.74) is 2.23. The second-order valence-electron chi connectivity index (χ2n) is 8.14. The number of hydrogen-bond acceptors (Lipinski definition) is 4. The van der Waals surface area contributed by atoms with Crippen LogP contribution < -0.4 is 5.32 Å². The Kier molecular flexibility index (Phi) is 5.68. The monoisotopic (exact) mass is 431 g/mol. The van der Waals surface area contributed by atoms with E-state index in [-0.39, 0.29) is 18.8 Å². The Bertz CT molecular complexity index is 1060. The van der Waals surface area contributed by atoms with Gasteiger partial charge in [0.05, 0.1) is 18.2 Å². The number of alkyl halides is 3. The fraction of sp³-hybridized carbons (Fsp3) is 0.318. The lowest BCUT2D eigenvalue weighted by atomic mass is 9.95. The summed E-state index contributed by atoms with van der Waals surface area (Å²) < 4.78 is 43.6. The van der Waals surface area contributed by atoms with Crippen LogP contribution in [0.15, 0.2) is 36.4 Å². The molecule has 2 aromatic rings. The van der Waals surface area contributed by atoms with E-state index in [0.29, 0.717) is 22.3 Å². The fourth-order valence-electron chi connectivity index (χ4n) is 3.22. The van der Waals surface area contributed by atoms with Crippen molar-refractivity contribution < 1.29 is 27.5 Å². The third-order valence-corrected chi connectivity index (χ3v) is 4.54. The molecule has 3 rings (SSSR count). The highest BCUT2D eigenvalue weighted by atomic mass is 19.4.